The number of benzene rings is 1. The molecule has 2 N–H and O–H groups in total. The van der Waals surface area contributed by atoms with Crippen LogP contribution in [-0.2, 0) is 0 Å². The second-order valence-corrected chi connectivity index (χ2v) is 6.40. The molecule has 1 aliphatic rings. The fourth-order valence-corrected chi connectivity index (χ4v) is 2.79. The van der Waals surface area contributed by atoms with Crippen molar-refractivity contribution in [2.45, 2.75) is 6.04 Å². The van der Waals surface area contributed by atoms with Gasteiger partial charge in [-0.15, -0.1) is 24.8 Å². The number of pyridine rings is 1. The minimum atomic E-state index is -0.112. The Bertz CT molecular complexity index is 676. The van der Waals surface area contributed by atoms with Crippen LogP contribution in [0.25, 0.3) is 0 Å². The summed E-state index contributed by atoms with van der Waals surface area (Å²) in [7, 11) is 0. The number of rotatable bonds is 4. The van der Waals surface area contributed by atoms with Gasteiger partial charge < -0.3 is 20.3 Å². The highest BCUT2D eigenvalue weighted by molar-refractivity contribution is 9.10. The lowest BCUT2D eigenvalue weighted by molar-refractivity contribution is 0.133. The highest BCUT2D eigenvalue weighted by Gasteiger charge is 2.27. The van der Waals surface area contributed by atoms with E-state index in [0.717, 1.165) is 16.7 Å². The van der Waals surface area contributed by atoms with Crippen LogP contribution < -0.4 is 15.4 Å². The molecule has 0 saturated carbocycles. The number of urea groups is 1. The summed E-state index contributed by atoms with van der Waals surface area (Å²) in [5.74, 6) is 0.705. The van der Waals surface area contributed by atoms with Crippen LogP contribution in [0.2, 0.25) is 0 Å². The number of carbonyl (C=O) groups is 1. The SMILES string of the molecule is Cl.Cl.O=C(Nc1ccc(Br)cc1)N1CCNCC1COc1cccnc1. The van der Waals surface area contributed by atoms with Crippen LogP contribution in [0.4, 0.5) is 10.5 Å². The number of ether oxygens (including phenoxy) is 1. The van der Waals surface area contributed by atoms with Crippen molar-refractivity contribution in [3.63, 3.8) is 0 Å². The molecule has 1 aromatic carbocycles. The lowest BCUT2D eigenvalue weighted by Crippen LogP contribution is -2.57. The Balaban J connectivity index is 0.00000169. The van der Waals surface area contributed by atoms with Gasteiger partial charge in [-0.05, 0) is 36.4 Å². The highest BCUT2D eigenvalue weighted by atomic mass is 79.9. The smallest absolute Gasteiger partial charge is 0.322 e. The fraction of sp³-hybridized carbons (Fsp3) is 0.294. The number of anilines is 1. The highest BCUT2D eigenvalue weighted by Crippen LogP contribution is 2.16. The minimum Gasteiger partial charge on any atom is -0.490 e. The Hall–Kier alpha value is -1.54. The van der Waals surface area contributed by atoms with Gasteiger partial charge in [0.2, 0.25) is 0 Å². The number of hydrogen-bond donors (Lipinski definition) is 2. The van der Waals surface area contributed by atoms with Crippen LogP contribution in [-0.4, -0.2) is 48.2 Å². The zero-order valence-electron chi connectivity index (χ0n) is 13.9. The number of carbonyl (C=O) groups excluding carboxylic acids is 1. The molecule has 2 aromatic rings. The first-order valence-corrected chi connectivity index (χ1v) is 8.58. The molecule has 1 aromatic heterocycles. The summed E-state index contributed by atoms with van der Waals surface area (Å²) in [6, 6.07) is 11.1. The molecule has 9 heteroatoms. The van der Waals surface area contributed by atoms with E-state index in [1.165, 1.54) is 0 Å². The van der Waals surface area contributed by atoms with E-state index in [-0.39, 0.29) is 36.9 Å². The Labute approximate surface area is 173 Å². The average Bonchev–Trinajstić information content (AvgIpc) is 2.63. The standard InChI is InChI=1S/C17H19BrN4O2.2ClH/c18-13-3-5-14(6-4-13)21-17(23)22-9-8-20-10-15(22)12-24-16-2-1-7-19-11-16;;/h1-7,11,15,20H,8-10,12H2,(H,21,23);2*1H. The van der Waals surface area contributed by atoms with Gasteiger partial charge in [-0.2, -0.15) is 0 Å². The number of nitrogens with one attached hydrogen (secondary N) is 2. The van der Waals surface area contributed by atoms with Gasteiger partial charge in [0, 0.05) is 36.0 Å². The van der Waals surface area contributed by atoms with E-state index in [1.54, 1.807) is 12.4 Å². The molecule has 2 heterocycles. The summed E-state index contributed by atoms with van der Waals surface area (Å²) in [6.45, 7) is 2.54. The first kappa shape index (κ1) is 22.5. The number of aromatic nitrogens is 1. The van der Waals surface area contributed by atoms with Crippen molar-refractivity contribution in [1.82, 2.24) is 15.2 Å². The summed E-state index contributed by atoms with van der Waals surface area (Å²) in [6.07, 6.45) is 3.37. The van der Waals surface area contributed by atoms with Crippen molar-refractivity contribution in [3.8, 4) is 5.75 Å². The molecular weight excluding hydrogens is 443 g/mol. The van der Waals surface area contributed by atoms with Crippen molar-refractivity contribution in [2.24, 2.45) is 0 Å². The summed E-state index contributed by atoms with van der Waals surface area (Å²) in [5.41, 5.74) is 0.772. The first-order valence-electron chi connectivity index (χ1n) is 7.79. The third-order valence-corrected chi connectivity index (χ3v) is 4.31. The monoisotopic (exact) mass is 462 g/mol. The summed E-state index contributed by atoms with van der Waals surface area (Å²) in [4.78, 5) is 18.4. The van der Waals surface area contributed by atoms with Gasteiger partial charge >= 0.3 is 6.03 Å². The molecule has 1 aliphatic heterocycles. The molecule has 142 valence electrons. The van der Waals surface area contributed by atoms with Gasteiger partial charge in [0.1, 0.15) is 12.4 Å². The van der Waals surface area contributed by atoms with Crippen LogP contribution in [0.15, 0.2) is 53.3 Å². The van der Waals surface area contributed by atoms with E-state index in [2.05, 4.69) is 31.5 Å². The maximum Gasteiger partial charge on any atom is 0.322 e. The molecule has 3 rings (SSSR count). The summed E-state index contributed by atoms with van der Waals surface area (Å²) >= 11 is 3.39. The number of nitrogens with zero attached hydrogens (tertiary/aromatic N) is 2. The van der Waals surface area contributed by atoms with Crippen molar-refractivity contribution >= 4 is 52.5 Å². The molecule has 0 aliphatic carbocycles. The number of halogens is 3. The molecular formula is C17H21BrCl2N4O2. The van der Waals surface area contributed by atoms with Crippen LogP contribution in [0.1, 0.15) is 0 Å². The molecule has 1 fully saturated rings. The second-order valence-electron chi connectivity index (χ2n) is 5.49. The Morgan fingerprint density at radius 3 is 2.77 bits per heavy atom. The van der Waals surface area contributed by atoms with Gasteiger partial charge in [0.15, 0.2) is 0 Å². The lowest BCUT2D eigenvalue weighted by Gasteiger charge is -2.35. The topological polar surface area (TPSA) is 66.5 Å². The van der Waals surface area contributed by atoms with E-state index in [4.69, 9.17) is 4.74 Å². The Kier molecular flexibility index (Phi) is 9.72. The second kappa shape index (κ2) is 11.2. The number of amides is 2. The Morgan fingerprint density at radius 2 is 2.08 bits per heavy atom. The Morgan fingerprint density at radius 1 is 1.31 bits per heavy atom. The van der Waals surface area contributed by atoms with Crippen molar-refractivity contribution in [2.75, 3.05) is 31.6 Å². The molecule has 2 amide bonds. The molecule has 0 bridgehead atoms. The number of hydrogen-bond acceptors (Lipinski definition) is 4. The van der Waals surface area contributed by atoms with Crippen LogP contribution in [0, 0.1) is 0 Å². The molecule has 1 atom stereocenters. The van der Waals surface area contributed by atoms with Gasteiger partial charge in [0.25, 0.3) is 0 Å². The van der Waals surface area contributed by atoms with E-state index >= 15 is 0 Å². The van der Waals surface area contributed by atoms with Gasteiger partial charge in [0.05, 0.1) is 12.2 Å². The van der Waals surface area contributed by atoms with Crippen molar-refractivity contribution < 1.29 is 9.53 Å². The maximum atomic E-state index is 12.6. The minimum absolute atomic E-state index is 0. The molecule has 1 unspecified atom stereocenters. The molecule has 0 spiro atoms. The quantitative estimate of drug-likeness (QED) is 0.727. The summed E-state index contributed by atoms with van der Waals surface area (Å²) < 4.78 is 6.74. The zero-order chi connectivity index (χ0) is 16.8. The zero-order valence-corrected chi connectivity index (χ0v) is 17.1. The van der Waals surface area contributed by atoms with Crippen LogP contribution in [0.5, 0.6) is 5.75 Å². The fourth-order valence-electron chi connectivity index (χ4n) is 2.53. The lowest BCUT2D eigenvalue weighted by atomic mass is 10.2. The largest absolute Gasteiger partial charge is 0.490 e. The van der Waals surface area contributed by atoms with Gasteiger partial charge in [-0.25, -0.2) is 4.79 Å². The average molecular weight is 464 g/mol. The first-order chi connectivity index (χ1) is 11.7. The normalized spacial score (nSPS) is 16.0. The van der Waals surface area contributed by atoms with Crippen molar-refractivity contribution in [3.05, 3.63) is 53.3 Å². The van der Waals surface area contributed by atoms with E-state index < -0.39 is 0 Å². The molecule has 26 heavy (non-hydrogen) atoms. The third-order valence-electron chi connectivity index (χ3n) is 3.78. The van der Waals surface area contributed by atoms with E-state index in [0.29, 0.717) is 25.4 Å². The van der Waals surface area contributed by atoms with Crippen LogP contribution >= 0.6 is 40.7 Å². The molecule has 6 nitrogen and oxygen atoms in total. The molecule has 0 radical (unpaired) electrons. The summed E-state index contributed by atoms with van der Waals surface area (Å²) in [5, 5.41) is 6.24. The maximum absolute atomic E-state index is 12.6. The van der Waals surface area contributed by atoms with E-state index in [1.807, 2.05) is 41.3 Å². The predicted octanol–water partition coefficient (Wildman–Crippen LogP) is 3.57. The van der Waals surface area contributed by atoms with Crippen LogP contribution in [0.3, 0.4) is 0 Å². The van der Waals surface area contributed by atoms with Crippen molar-refractivity contribution in [1.29, 1.82) is 0 Å². The van der Waals surface area contributed by atoms with E-state index in [9.17, 15) is 4.79 Å². The van der Waals surface area contributed by atoms with Gasteiger partial charge in [-0.3, -0.25) is 4.98 Å². The number of piperazine rings is 1. The third kappa shape index (κ3) is 6.32. The van der Waals surface area contributed by atoms with Gasteiger partial charge in [-0.1, -0.05) is 15.9 Å². The predicted molar refractivity (Wildman–Crippen MR) is 111 cm³/mol. The molecule has 1 saturated heterocycles.